The fourth-order valence-electron chi connectivity index (χ4n) is 2.14. The van der Waals surface area contributed by atoms with Gasteiger partial charge in [0.2, 0.25) is 0 Å². The molecule has 0 spiro atoms. The molecule has 0 radical (unpaired) electrons. The zero-order valence-corrected chi connectivity index (χ0v) is 10.4. The van der Waals surface area contributed by atoms with Gasteiger partial charge in [-0.15, -0.1) is 0 Å². The maximum atomic E-state index is 13.1. The highest BCUT2D eigenvalue weighted by molar-refractivity contribution is 5.19. The van der Waals surface area contributed by atoms with Crippen molar-refractivity contribution in [1.29, 1.82) is 0 Å². The Balaban J connectivity index is 1.97. The maximum Gasteiger partial charge on any atom is 0.159 e. The number of halogens is 2. The lowest BCUT2D eigenvalue weighted by Crippen LogP contribution is -2.50. The van der Waals surface area contributed by atoms with Crippen molar-refractivity contribution in [3.05, 3.63) is 35.4 Å². The summed E-state index contributed by atoms with van der Waals surface area (Å²) in [6, 6.07) is 3.68. The summed E-state index contributed by atoms with van der Waals surface area (Å²) in [4.78, 5) is 2.15. The van der Waals surface area contributed by atoms with Gasteiger partial charge in [-0.1, -0.05) is 6.07 Å². The number of ether oxygens (including phenoxy) is 1. The summed E-state index contributed by atoms with van der Waals surface area (Å²) in [5, 5.41) is 0. The van der Waals surface area contributed by atoms with Gasteiger partial charge in [-0.25, -0.2) is 8.78 Å². The van der Waals surface area contributed by atoms with Crippen LogP contribution in [0.1, 0.15) is 5.56 Å². The standard InChI is InChI=1S/C13H18F2N2O/c1-17-4-5-18-13(8-17)12(16)7-9-2-3-10(14)11(15)6-9/h2-3,6,12-13H,4-5,7-8,16H2,1H3. The van der Waals surface area contributed by atoms with Crippen molar-refractivity contribution in [2.45, 2.75) is 18.6 Å². The van der Waals surface area contributed by atoms with Crippen LogP contribution in [-0.4, -0.2) is 43.8 Å². The van der Waals surface area contributed by atoms with Gasteiger partial charge in [0.05, 0.1) is 12.7 Å². The Morgan fingerprint density at radius 1 is 1.44 bits per heavy atom. The predicted molar refractivity (Wildman–Crippen MR) is 65.3 cm³/mol. The van der Waals surface area contributed by atoms with E-state index in [1.54, 1.807) is 6.07 Å². The summed E-state index contributed by atoms with van der Waals surface area (Å²) < 4.78 is 31.5. The van der Waals surface area contributed by atoms with Crippen LogP contribution in [-0.2, 0) is 11.2 Å². The topological polar surface area (TPSA) is 38.5 Å². The fourth-order valence-corrected chi connectivity index (χ4v) is 2.14. The molecule has 1 saturated heterocycles. The third-order valence-corrected chi connectivity index (χ3v) is 3.23. The van der Waals surface area contributed by atoms with Crippen LogP contribution < -0.4 is 5.73 Å². The van der Waals surface area contributed by atoms with Crippen molar-refractivity contribution in [3.63, 3.8) is 0 Å². The van der Waals surface area contributed by atoms with Crippen molar-refractivity contribution in [2.75, 3.05) is 26.7 Å². The number of hydrogen-bond acceptors (Lipinski definition) is 3. The highest BCUT2D eigenvalue weighted by Crippen LogP contribution is 2.14. The van der Waals surface area contributed by atoms with Gasteiger partial charge in [-0.3, -0.25) is 0 Å². The van der Waals surface area contributed by atoms with E-state index in [4.69, 9.17) is 10.5 Å². The lowest BCUT2D eigenvalue weighted by molar-refractivity contribution is -0.0319. The molecule has 2 N–H and O–H groups in total. The highest BCUT2D eigenvalue weighted by Gasteiger charge is 2.24. The van der Waals surface area contributed by atoms with E-state index in [2.05, 4.69) is 4.90 Å². The molecule has 5 heteroatoms. The lowest BCUT2D eigenvalue weighted by Gasteiger charge is -2.33. The summed E-state index contributed by atoms with van der Waals surface area (Å²) in [7, 11) is 2.01. The molecule has 100 valence electrons. The SMILES string of the molecule is CN1CCOC(C(N)Cc2ccc(F)c(F)c2)C1. The molecule has 0 amide bonds. The molecule has 0 saturated carbocycles. The molecular weight excluding hydrogens is 238 g/mol. The summed E-state index contributed by atoms with van der Waals surface area (Å²) in [6.45, 7) is 2.33. The number of nitrogens with zero attached hydrogens (tertiary/aromatic N) is 1. The Morgan fingerprint density at radius 3 is 2.89 bits per heavy atom. The summed E-state index contributed by atoms with van der Waals surface area (Å²) in [5.41, 5.74) is 6.76. The molecule has 1 aliphatic heterocycles. The molecule has 2 atom stereocenters. The van der Waals surface area contributed by atoms with Crippen LogP contribution in [0.4, 0.5) is 8.78 Å². The van der Waals surface area contributed by atoms with E-state index in [0.717, 1.165) is 19.2 Å². The summed E-state index contributed by atoms with van der Waals surface area (Å²) in [5.74, 6) is -1.66. The fraction of sp³-hybridized carbons (Fsp3) is 0.538. The van der Waals surface area contributed by atoms with Crippen LogP contribution in [0.5, 0.6) is 0 Å². The van der Waals surface area contributed by atoms with E-state index in [-0.39, 0.29) is 12.1 Å². The van der Waals surface area contributed by atoms with Crippen molar-refractivity contribution < 1.29 is 13.5 Å². The monoisotopic (exact) mass is 256 g/mol. The normalized spacial score (nSPS) is 23.0. The molecular formula is C13H18F2N2O. The van der Waals surface area contributed by atoms with Crippen molar-refractivity contribution >= 4 is 0 Å². The van der Waals surface area contributed by atoms with Crippen LogP contribution in [0.3, 0.4) is 0 Å². The number of morpholine rings is 1. The molecule has 18 heavy (non-hydrogen) atoms. The van der Waals surface area contributed by atoms with E-state index >= 15 is 0 Å². The molecule has 0 aromatic heterocycles. The largest absolute Gasteiger partial charge is 0.374 e. The van der Waals surface area contributed by atoms with E-state index in [9.17, 15) is 8.78 Å². The first-order valence-electron chi connectivity index (χ1n) is 6.06. The number of benzene rings is 1. The molecule has 3 nitrogen and oxygen atoms in total. The third-order valence-electron chi connectivity index (χ3n) is 3.23. The molecule has 1 aliphatic rings. The Morgan fingerprint density at radius 2 is 2.22 bits per heavy atom. The molecule has 2 unspecified atom stereocenters. The number of likely N-dealkylation sites (N-methyl/N-ethyl adjacent to an activating group) is 1. The number of rotatable bonds is 3. The second-order valence-electron chi connectivity index (χ2n) is 4.79. The van der Waals surface area contributed by atoms with Gasteiger partial charge < -0.3 is 15.4 Å². The van der Waals surface area contributed by atoms with E-state index in [1.807, 2.05) is 7.05 Å². The van der Waals surface area contributed by atoms with Gasteiger partial charge in [-0.2, -0.15) is 0 Å². The van der Waals surface area contributed by atoms with Gasteiger partial charge >= 0.3 is 0 Å². The van der Waals surface area contributed by atoms with Gasteiger partial charge in [0.15, 0.2) is 11.6 Å². The summed E-state index contributed by atoms with van der Waals surface area (Å²) >= 11 is 0. The molecule has 0 aliphatic carbocycles. The van der Waals surface area contributed by atoms with Gasteiger partial charge in [-0.05, 0) is 31.2 Å². The van der Waals surface area contributed by atoms with Crippen LogP contribution in [0, 0.1) is 11.6 Å². The molecule has 1 fully saturated rings. The third kappa shape index (κ3) is 3.25. The Hall–Kier alpha value is -1.04. The zero-order valence-electron chi connectivity index (χ0n) is 10.4. The second kappa shape index (κ2) is 5.73. The minimum Gasteiger partial charge on any atom is -0.374 e. The Bertz CT molecular complexity index is 414. The van der Waals surface area contributed by atoms with E-state index in [1.165, 1.54) is 6.07 Å². The van der Waals surface area contributed by atoms with Gasteiger partial charge in [0.25, 0.3) is 0 Å². The van der Waals surface area contributed by atoms with Crippen LogP contribution >= 0.6 is 0 Å². The van der Waals surface area contributed by atoms with Crippen LogP contribution in [0.2, 0.25) is 0 Å². The summed E-state index contributed by atoms with van der Waals surface area (Å²) in [6.07, 6.45) is 0.423. The average molecular weight is 256 g/mol. The lowest BCUT2D eigenvalue weighted by atomic mass is 10.0. The zero-order chi connectivity index (χ0) is 13.1. The second-order valence-corrected chi connectivity index (χ2v) is 4.79. The quantitative estimate of drug-likeness (QED) is 0.882. The highest BCUT2D eigenvalue weighted by atomic mass is 19.2. The molecule has 1 aromatic carbocycles. The molecule has 1 aromatic rings. The van der Waals surface area contributed by atoms with Gasteiger partial charge in [0.1, 0.15) is 0 Å². The van der Waals surface area contributed by atoms with Crippen molar-refractivity contribution in [3.8, 4) is 0 Å². The molecule has 0 bridgehead atoms. The maximum absolute atomic E-state index is 13.1. The van der Waals surface area contributed by atoms with Crippen LogP contribution in [0.15, 0.2) is 18.2 Å². The molecule has 1 heterocycles. The average Bonchev–Trinajstić information content (AvgIpc) is 2.34. The first-order chi connectivity index (χ1) is 8.56. The first-order valence-corrected chi connectivity index (χ1v) is 6.06. The van der Waals surface area contributed by atoms with Gasteiger partial charge in [0, 0.05) is 19.1 Å². The van der Waals surface area contributed by atoms with Crippen molar-refractivity contribution in [2.24, 2.45) is 5.73 Å². The minimum absolute atomic E-state index is 0.0585. The van der Waals surface area contributed by atoms with E-state index in [0.29, 0.717) is 18.6 Å². The number of nitrogens with two attached hydrogens (primary N) is 1. The molecule has 2 rings (SSSR count). The van der Waals surface area contributed by atoms with Crippen molar-refractivity contribution in [1.82, 2.24) is 4.90 Å². The Labute approximate surface area is 106 Å². The van der Waals surface area contributed by atoms with E-state index < -0.39 is 11.6 Å². The minimum atomic E-state index is -0.832. The Kier molecular flexibility index (Phi) is 4.27. The predicted octanol–water partition coefficient (Wildman–Crippen LogP) is 1.17. The number of hydrogen-bond donors (Lipinski definition) is 1. The smallest absolute Gasteiger partial charge is 0.159 e. The first kappa shape index (κ1) is 13.4. The van der Waals surface area contributed by atoms with Crippen LogP contribution in [0.25, 0.3) is 0 Å².